The van der Waals surface area contributed by atoms with E-state index in [9.17, 15) is 0 Å². The number of anilines is 1. The third-order valence-corrected chi connectivity index (χ3v) is 3.97. The fourth-order valence-electron chi connectivity index (χ4n) is 2.57. The standard InChI is InChI=1S/C18H32N2/c1-7-12-19-16(5)17-8-10-18(11-9-17)20(6)15(4)13-14(2)3/h8-11,14-16,19H,7,12-13H2,1-6H3. The maximum Gasteiger partial charge on any atom is 0.0366 e. The van der Waals surface area contributed by atoms with Crippen molar-refractivity contribution in [3.63, 3.8) is 0 Å². The second-order valence-corrected chi connectivity index (χ2v) is 6.36. The molecule has 0 heterocycles. The lowest BCUT2D eigenvalue weighted by Gasteiger charge is -2.28. The Hall–Kier alpha value is -1.02. The van der Waals surface area contributed by atoms with E-state index in [4.69, 9.17) is 0 Å². The van der Waals surface area contributed by atoms with Crippen LogP contribution >= 0.6 is 0 Å². The molecule has 0 radical (unpaired) electrons. The molecular formula is C18H32N2. The Labute approximate surface area is 125 Å². The van der Waals surface area contributed by atoms with Gasteiger partial charge in [0.05, 0.1) is 0 Å². The molecule has 0 aromatic heterocycles. The topological polar surface area (TPSA) is 15.3 Å². The van der Waals surface area contributed by atoms with Gasteiger partial charge in [-0.15, -0.1) is 0 Å². The van der Waals surface area contributed by atoms with Crippen LogP contribution in [0.1, 0.15) is 59.1 Å². The molecule has 0 bridgehead atoms. The van der Waals surface area contributed by atoms with Crippen LogP contribution < -0.4 is 10.2 Å². The van der Waals surface area contributed by atoms with Crippen molar-refractivity contribution in [1.82, 2.24) is 5.32 Å². The summed E-state index contributed by atoms with van der Waals surface area (Å²) in [6.07, 6.45) is 2.41. The molecule has 0 aliphatic heterocycles. The molecule has 1 aromatic carbocycles. The summed E-state index contributed by atoms with van der Waals surface area (Å²) in [5, 5.41) is 3.53. The number of benzene rings is 1. The minimum absolute atomic E-state index is 0.433. The molecule has 0 saturated heterocycles. The van der Waals surface area contributed by atoms with E-state index in [1.807, 2.05) is 0 Å². The Kier molecular flexibility index (Phi) is 7.08. The molecule has 0 amide bonds. The van der Waals surface area contributed by atoms with E-state index in [1.54, 1.807) is 0 Å². The Morgan fingerprint density at radius 2 is 1.65 bits per heavy atom. The second kappa shape index (κ2) is 8.31. The number of hydrogen-bond acceptors (Lipinski definition) is 2. The van der Waals surface area contributed by atoms with Crippen LogP contribution in [0.15, 0.2) is 24.3 Å². The van der Waals surface area contributed by atoms with Crippen LogP contribution in [-0.4, -0.2) is 19.6 Å². The van der Waals surface area contributed by atoms with Gasteiger partial charge in [-0.05, 0) is 56.8 Å². The highest BCUT2D eigenvalue weighted by Gasteiger charge is 2.12. The maximum absolute atomic E-state index is 3.53. The van der Waals surface area contributed by atoms with Gasteiger partial charge >= 0.3 is 0 Å². The molecule has 20 heavy (non-hydrogen) atoms. The zero-order valence-electron chi connectivity index (χ0n) is 14.1. The van der Waals surface area contributed by atoms with E-state index in [0.29, 0.717) is 12.1 Å². The molecule has 2 nitrogen and oxygen atoms in total. The van der Waals surface area contributed by atoms with Crippen LogP contribution in [-0.2, 0) is 0 Å². The van der Waals surface area contributed by atoms with Crippen LogP contribution in [0.5, 0.6) is 0 Å². The monoisotopic (exact) mass is 276 g/mol. The predicted octanol–water partition coefficient (Wildman–Crippen LogP) is 4.62. The lowest BCUT2D eigenvalue weighted by Crippen LogP contribution is -2.30. The molecule has 2 unspecified atom stereocenters. The number of nitrogens with one attached hydrogen (secondary N) is 1. The van der Waals surface area contributed by atoms with Crippen molar-refractivity contribution in [3.8, 4) is 0 Å². The second-order valence-electron chi connectivity index (χ2n) is 6.36. The van der Waals surface area contributed by atoms with Crippen molar-refractivity contribution < 1.29 is 0 Å². The van der Waals surface area contributed by atoms with Gasteiger partial charge < -0.3 is 10.2 Å². The van der Waals surface area contributed by atoms with Crippen molar-refractivity contribution in [3.05, 3.63) is 29.8 Å². The summed E-state index contributed by atoms with van der Waals surface area (Å²) in [6, 6.07) is 10.0. The SMILES string of the molecule is CCCNC(C)c1ccc(N(C)C(C)CC(C)C)cc1. The Bertz CT molecular complexity index is 370. The average molecular weight is 276 g/mol. The van der Waals surface area contributed by atoms with E-state index in [1.165, 1.54) is 24.1 Å². The minimum atomic E-state index is 0.433. The fraction of sp³-hybridized carbons (Fsp3) is 0.667. The summed E-state index contributed by atoms with van der Waals surface area (Å²) in [7, 11) is 2.20. The van der Waals surface area contributed by atoms with Gasteiger partial charge in [0, 0.05) is 24.8 Å². The zero-order valence-corrected chi connectivity index (χ0v) is 14.1. The van der Waals surface area contributed by atoms with Crippen molar-refractivity contribution in [2.75, 3.05) is 18.5 Å². The number of hydrogen-bond donors (Lipinski definition) is 1. The van der Waals surface area contributed by atoms with E-state index < -0.39 is 0 Å². The summed E-state index contributed by atoms with van der Waals surface area (Å²) in [5.74, 6) is 0.741. The minimum Gasteiger partial charge on any atom is -0.372 e. The Morgan fingerprint density at radius 1 is 1.05 bits per heavy atom. The third-order valence-electron chi connectivity index (χ3n) is 3.97. The van der Waals surface area contributed by atoms with Gasteiger partial charge in [0.2, 0.25) is 0 Å². The molecule has 2 atom stereocenters. The van der Waals surface area contributed by atoms with E-state index in [0.717, 1.165) is 12.5 Å². The van der Waals surface area contributed by atoms with Gasteiger partial charge in [-0.25, -0.2) is 0 Å². The third kappa shape index (κ3) is 5.16. The molecule has 0 aliphatic rings. The molecule has 1 aromatic rings. The van der Waals surface area contributed by atoms with E-state index >= 15 is 0 Å². The van der Waals surface area contributed by atoms with Gasteiger partial charge in [-0.1, -0.05) is 32.9 Å². The van der Waals surface area contributed by atoms with Gasteiger partial charge in [-0.2, -0.15) is 0 Å². The van der Waals surface area contributed by atoms with Crippen molar-refractivity contribution in [2.45, 2.75) is 59.5 Å². The first-order chi connectivity index (χ1) is 9.45. The van der Waals surface area contributed by atoms with Crippen molar-refractivity contribution in [1.29, 1.82) is 0 Å². The molecule has 0 saturated carbocycles. The fourth-order valence-corrected chi connectivity index (χ4v) is 2.57. The van der Waals surface area contributed by atoms with Crippen molar-refractivity contribution in [2.24, 2.45) is 5.92 Å². The summed E-state index contributed by atoms with van der Waals surface area (Å²) < 4.78 is 0. The Balaban J connectivity index is 2.65. The average Bonchev–Trinajstić information content (AvgIpc) is 2.43. The highest BCUT2D eigenvalue weighted by Crippen LogP contribution is 2.22. The first-order valence-electron chi connectivity index (χ1n) is 8.01. The van der Waals surface area contributed by atoms with Crippen LogP contribution in [0.25, 0.3) is 0 Å². The lowest BCUT2D eigenvalue weighted by molar-refractivity contribution is 0.504. The van der Waals surface area contributed by atoms with Gasteiger partial charge in [-0.3, -0.25) is 0 Å². The van der Waals surface area contributed by atoms with Crippen LogP contribution in [0.2, 0.25) is 0 Å². The summed E-state index contributed by atoms with van der Waals surface area (Å²) >= 11 is 0. The molecule has 0 spiro atoms. The number of nitrogens with zero attached hydrogens (tertiary/aromatic N) is 1. The lowest BCUT2D eigenvalue weighted by atomic mass is 10.0. The van der Waals surface area contributed by atoms with E-state index in [2.05, 4.69) is 76.1 Å². The zero-order chi connectivity index (χ0) is 15.1. The van der Waals surface area contributed by atoms with Crippen molar-refractivity contribution >= 4 is 5.69 Å². The maximum atomic E-state index is 3.53. The quantitative estimate of drug-likeness (QED) is 0.745. The van der Waals surface area contributed by atoms with Gasteiger partial charge in [0.15, 0.2) is 0 Å². The number of rotatable bonds is 8. The van der Waals surface area contributed by atoms with Gasteiger partial charge in [0.1, 0.15) is 0 Å². The largest absolute Gasteiger partial charge is 0.372 e. The summed E-state index contributed by atoms with van der Waals surface area (Å²) in [6.45, 7) is 12.4. The predicted molar refractivity (Wildman–Crippen MR) is 90.5 cm³/mol. The normalized spacial score (nSPS) is 14.3. The summed E-state index contributed by atoms with van der Waals surface area (Å²) in [4.78, 5) is 2.38. The van der Waals surface area contributed by atoms with Crippen LogP contribution in [0.4, 0.5) is 5.69 Å². The smallest absolute Gasteiger partial charge is 0.0366 e. The first-order valence-corrected chi connectivity index (χ1v) is 8.01. The first kappa shape index (κ1) is 17.0. The van der Waals surface area contributed by atoms with E-state index in [-0.39, 0.29) is 0 Å². The molecule has 0 aliphatic carbocycles. The Morgan fingerprint density at radius 3 is 2.15 bits per heavy atom. The molecule has 2 heteroatoms. The summed E-state index contributed by atoms with van der Waals surface area (Å²) in [5.41, 5.74) is 2.68. The molecule has 1 rings (SSSR count). The van der Waals surface area contributed by atoms with Gasteiger partial charge in [0.25, 0.3) is 0 Å². The highest BCUT2D eigenvalue weighted by molar-refractivity contribution is 5.48. The van der Waals surface area contributed by atoms with Crippen LogP contribution in [0.3, 0.4) is 0 Å². The highest BCUT2D eigenvalue weighted by atomic mass is 15.1. The molecular weight excluding hydrogens is 244 g/mol. The molecule has 114 valence electrons. The molecule has 1 N–H and O–H groups in total. The molecule has 0 fully saturated rings. The van der Waals surface area contributed by atoms with Crippen LogP contribution in [0, 0.1) is 5.92 Å².